The quantitative estimate of drug-likeness (QED) is 0.160. The molecule has 8 heteroatoms. The largest absolute Gasteiger partial charge is 0.420 e. The van der Waals surface area contributed by atoms with Gasteiger partial charge in [0.15, 0.2) is 17.5 Å². The molecule has 3 heterocycles. The van der Waals surface area contributed by atoms with E-state index >= 15 is 13.2 Å². The summed E-state index contributed by atoms with van der Waals surface area (Å²) in [6.07, 6.45) is -4.85. The van der Waals surface area contributed by atoms with Crippen LogP contribution in [0.15, 0.2) is 194 Å². The maximum Gasteiger partial charge on any atom is 0.420 e. The zero-order valence-electron chi connectivity index (χ0n) is 38.8. The molecule has 338 valence electrons. The zero-order valence-corrected chi connectivity index (χ0v) is 38.8. The lowest BCUT2D eigenvalue weighted by Crippen LogP contribution is -2.16. The maximum atomic E-state index is 16.9. The lowest BCUT2D eigenvalue weighted by atomic mass is 9.99. The summed E-state index contributed by atoms with van der Waals surface area (Å²) in [5, 5.41) is 3.33. The van der Waals surface area contributed by atoms with Crippen LogP contribution in [0.5, 0.6) is 0 Å². The van der Waals surface area contributed by atoms with E-state index in [-0.39, 0.29) is 17.2 Å². The zero-order chi connectivity index (χ0) is 47.8. The minimum absolute atomic E-state index is 0.0499. The van der Waals surface area contributed by atoms with Gasteiger partial charge in [-0.25, -0.2) is 15.0 Å². The van der Waals surface area contributed by atoms with Crippen molar-refractivity contribution in [1.82, 2.24) is 24.1 Å². The predicted octanol–water partition coefficient (Wildman–Crippen LogP) is 16.7. The van der Waals surface area contributed by atoms with E-state index in [9.17, 15) is 0 Å². The molecule has 0 aliphatic heterocycles. The second-order valence-corrected chi connectivity index (χ2v) is 18.3. The minimum Gasteiger partial charge on any atom is -0.309 e. The van der Waals surface area contributed by atoms with Gasteiger partial charge >= 0.3 is 6.18 Å². The Hall–Kier alpha value is -8.62. The summed E-state index contributed by atoms with van der Waals surface area (Å²) in [4.78, 5) is 15.1. The fourth-order valence-electron chi connectivity index (χ4n) is 10.4. The van der Waals surface area contributed by atoms with Gasteiger partial charge < -0.3 is 9.13 Å². The van der Waals surface area contributed by atoms with Crippen molar-refractivity contribution in [3.63, 3.8) is 0 Å². The average Bonchev–Trinajstić information content (AvgIpc) is 3.87. The predicted molar refractivity (Wildman–Crippen MR) is 280 cm³/mol. The maximum absolute atomic E-state index is 16.9. The number of alkyl halides is 3. The first kappa shape index (κ1) is 42.7. The molecule has 0 N–H and O–H groups in total. The van der Waals surface area contributed by atoms with Crippen LogP contribution in [0.25, 0.3) is 111 Å². The molecule has 0 saturated heterocycles. The smallest absolute Gasteiger partial charge is 0.309 e. The third-order valence-electron chi connectivity index (χ3n) is 13.3. The van der Waals surface area contributed by atoms with Gasteiger partial charge in [-0.05, 0) is 98.5 Å². The molecule has 0 fully saturated rings. The van der Waals surface area contributed by atoms with Crippen molar-refractivity contribution in [2.24, 2.45) is 0 Å². The highest BCUT2D eigenvalue weighted by Crippen LogP contribution is 2.47. The lowest BCUT2D eigenvalue weighted by Gasteiger charge is -2.23. The number of nitrogens with zero attached hydrogens (tertiary/aromatic N) is 5. The molecule has 9 aromatic carbocycles. The van der Waals surface area contributed by atoms with Crippen molar-refractivity contribution in [3.05, 3.63) is 222 Å². The lowest BCUT2D eigenvalue weighted by molar-refractivity contribution is -0.137. The van der Waals surface area contributed by atoms with Gasteiger partial charge in [0.1, 0.15) is 5.56 Å². The highest BCUT2D eigenvalue weighted by molar-refractivity contribution is 6.12. The Morgan fingerprint density at radius 1 is 0.314 bits per heavy atom. The molecule has 0 spiro atoms. The summed E-state index contributed by atoms with van der Waals surface area (Å²) in [6, 6.07) is 62.8. The number of fused-ring (bicyclic) bond motifs is 6. The molecular formula is C62H44F3N5. The highest BCUT2D eigenvalue weighted by Gasteiger charge is 2.40. The molecule has 0 atom stereocenters. The summed E-state index contributed by atoms with van der Waals surface area (Å²) >= 11 is 0. The van der Waals surface area contributed by atoms with Crippen LogP contribution < -0.4 is 0 Å². The SMILES string of the molecule is Cc1cc(C)cc(-c2ccc3c(c2)c2ccccc2n3-c2cc(-c3nc(-c4ccccc4)nc(-c4ccccc4)n3)cc(-n3c4ccccc4c4cc(-c5cc(C)cc(C)c5)ccc43)c2C(F)(F)F)c1. The molecule has 0 aliphatic rings. The molecule has 0 radical (unpaired) electrons. The van der Waals surface area contributed by atoms with Gasteiger partial charge in [0.05, 0.1) is 33.4 Å². The van der Waals surface area contributed by atoms with E-state index in [1.807, 2.05) is 133 Å². The number of hydrogen-bond donors (Lipinski definition) is 0. The van der Waals surface area contributed by atoms with Crippen LogP contribution in [-0.2, 0) is 6.18 Å². The Morgan fingerprint density at radius 2 is 0.671 bits per heavy atom. The van der Waals surface area contributed by atoms with Crippen LogP contribution in [0.4, 0.5) is 13.2 Å². The summed E-state index contributed by atoms with van der Waals surface area (Å²) in [5.74, 6) is 1.04. The Balaban J connectivity index is 1.21. The number of halogens is 3. The summed E-state index contributed by atoms with van der Waals surface area (Å²) in [5.41, 5.74) is 12.1. The third kappa shape index (κ3) is 7.40. The Morgan fingerprint density at radius 3 is 1.07 bits per heavy atom. The average molecular weight is 916 g/mol. The molecule has 0 amide bonds. The van der Waals surface area contributed by atoms with Crippen molar-refractivity contribution in [3.8, 4) is 67.8 Å². The van der Waals surface area contributed by atoms with E-state index in [2.05, 4.69) is 76.2 Å². The summed E-state index contributed by atoms with van der Waals surface area (Å²) in [6.45, 7) is 8.29. The monoisotopic (exact) mass is 915 g/mol. The minimum atomic E-state index is -4.85. The number of para-hydroxylation sites is 2. The van der Waals surface area contributed by atoms with Crippen molar-refractivity contribution >= 4 is 43.6 Å². The van der Waals surface area contributed by atoms with E-state index in [0.29, 0.717) is 39.3 Å². The first-order valence-corrected chi connectivity index (χ1v) is 23.3. The van der Waals surface area contributed by atoms with Crippen LogP contribution in [0.2, 0.25) is 0 Å². The van der Waals surface area contributed by atoms with Gasteiger partial charge in [0.25, 0.3) is 0 Å². The van der Waals surface area contributed by atoms with Crippen molar-refractivity contribution in [1.29, 1.82) is 0 Å². The van der Waals surface area contributed by atoms with Gasteiger partial charge in [-0.2, -0.15) is 13.2 Å². The molecule has 70 heavy (non-hydrogen) atoms. The Bertz CT molecular complexity index is 3750. The first-order valence-electron chi connectivity index (χ1n) is 23.3. The molecule has 3 aromatic heterocycles. The van der Waals surface area contributed by atoms with Crippen LogP contribution in [-0.4, -0.2) is 24.1 Å². The van der Waals surface area contributed by atoms with Gasteiger partial charge in [-0.15, -0.1) is 0 Å². The van der Waals surface area contributed by atoms with Gasteiger partial charge in [0.2, 0.25) is 0 Å². The molecular weight excluding hydrogens is 872 g/mol. The molecule has 0 bridgehead atoms. The Labute approximate surface area is 402 Å². The molecule has 12 rings (SSSR count). The van der Waals surface area contributed by atoms with Crippen LogP contribution in [0.1, 0.15) is 27.8 Å². The highest BCUT2D eigenvalue weighted by atomic mass is 19.4. The number of rotatable bonds is 7. The number of hydrogen-bond acceptors (Lipinski definition) is 3. The fraction of sp³-hybridized carbons (Fsp3) is 0.0806. The normalized spacial score (nSPS) is 11.9. The van der Waals surface area contributed by atoms with Crippen molar-refractivity contribution < 1.29 is 13.2 Å². The molecule has 12 aromatic rings. The topological polar surface area (TPSA) is 48.5 Å². The number of benzene rings is 9. The molecule has 0 aliphatic carbocycles. The summed E-state index contributed by atoms with van der Waals surface area (Å²) < 4.78 is 54.1. The second-order valence-electron chi connectivity index (χ2n) is 18.3. The summed E-state index contributed by atoms with van der Waals surface area (Å²) in [7, 11) is 0. The molecule has 5 nitrogen and oxygen atoms in total. The molecule has 0 saturated carbocycles. The van der Waals surface area contributed by atoms with E-state index in [1.54, 1.807) is 21.3 Å². The van der Waals surface area contributed by atoms with E-state index in [4.69, 9.17) is 15.0 Å². The van der Waals surface area contributed by atoms with E-state index < -0.39 is 11.7 Å². The number of aromatic nitrogens is 5. The van der Waals surface area contributed by atoms with Crippen LogP contribution in [0, 0.1) is 27.7 Å². The van der Waals surface area contributed by atoms with E-state index in [1.165, 1.54) is 0 Å². The standard InChI is InChI=1S/C62H44F3N5/c1-37-27-38(2)30-45(29-37)43-23-25-54-50(33-43)48-19-11-13-21-52(48)69(54)56-35-47(61-67-59(41-15-7-5-8-16-41)66-60(68-61)42-17-9-6-10-18-42)36-57(58(56)62(63,64)65)70-53-22-14-12-20-49(53)51-34-44(24-26-55(51)70)46-31-39(3)28-40(4)32-46/h5-36H,1-4H3. The Kier molecular flexibility index (Phi) is 10.1. The van der Waals surface area contributed by atoms with Crippen LogP contribution in [0.3, 0.4) is 0 Å². The van der Waals surface area contributed by atoms with Gasteiger partial charge in [0, 0.05) is 38.2 Å². The number of aryl methyl sites for hydroxylation is 4. The molecule has 0 unspecified atom stereocenters. The van der Waals surface area contributed by atoms with Gasteiger partial charge in [-0.1, -0.05) is 168 Å². The second kappa shape index (κ2) is 16.6. The van der Waals surface area contributed by atoms with Crippen molar-refractivity contribution in [2.45, 2.75) is 33.9 Å². The van der Waals surface area contributed by atoms with Crippen molar-refractivity contribution in [2.75, 3.05) is 0 Å². The van der Waals surface area contributed by atoms with Gasteiger partial charge in [-0.3, -0.25) is 0 Å². The fourth-order valence-corrected chi connectivity index (χ4v) is 10.4. The van der Waals surface area contributed by atoms with Crippen LogP contribution >= 0.6 is 0 Å². The van der Waals surface area contributed by atoms with E-state index in [0.717, 1.165) is 77.2 Å². The first-order chi connectivity index (χ1) is 33.9. The third-order valence-corrected chi connectivity index (χ3v) is 13.3.